The van der Waals surface area contributed by atoms with Crippen LogP contribution in [0.5, 0.6) is 0 Å². The van der Waals surface area contributed by atoms with E-state index >= 15 is 0 Å². The molecule has 1 aromatic heterocycles. The van der Waals surface area contributed by atoms with E-state index in [4.69, 9.17) is 12.2 Å². The average molecular weight is 288 g/mol. The molecule has 1 fully saturated rings. The van der Waals surface area contributed by atoms with Crippen LogP contribution in [0.3, 0.4) is 0 Å². The molecule has 102 valence electrons. The first-order chi connectivity index (χ1) is 9.65. The summed E-state index contributed by atoms with van der Waals surface area (Å²) in [5.41, 5.74) is 1.39. The average Bonchev–Trinajstić information content (AvgIpc) is 3.18. The van der Waals surface area contributed by atoms with Gasteiger partial charge in [-0.1, -0.05) is 24.4 Å². The smallest absolute Gasteiger partial charge is 0.254 e. The first-order valence-corrected chi connectivity index (χ1v) is 6.80. The standard InChI is InChI=1S/C15H13FN2OS/c16-10-4-1-3-9(7-10)12-8-13(12)18-14(19)11-5-2-6-17-15(11)20/h1-7,12-13H,8H2,(H,17,20)(H,18,19). The first kappa shape index (κ1) is 13.0. The maximum atomic E-state index is 13.2. The molecule has 0 spiro atoms. The van der Waals surface area contributed by atoms with E-state index in [2.05, 4.69) is 10.3 Å². The largest absolute Gasteiger partial charge is 0.352 e. The van der Waals surface area contributed by atoms with Gasteiger partial charge in [0.1, 0.15) is 10.5 Å². The summed E-state index contributed by atoms with van der Waals surface area (Å²) >= 11 is 5.08. The molecule has 1 saturated carbocycles. The number of pyridine rings is 1. The quantitative estimate of drug-likeness (QED) is 0.852. The zero-order valence-corrected chi connectivity index (χ0v) is 11.4. The molecule has 1 amide bonds. The van der Waals surface area contributed by atoms with E-state index < -0.39 is 0 Å². The summed E-state index contributed by atoms with van der Waals surface area (Å²) in [6.07, 6.45) is 2.52. The van der Waals surface area contributed by atoms with Crippen LogP contribution >= 0.6 is 12.2 Å². The van der Waals surface area contributed by atoms with Crippen LogP contribution in [-0.2, 0) is 0 Å². The molecular formula is C15H13FN2OS. The van der Waals surface area contributed by atoms with E-state index in [0.717, 1.165) is 12.0 Å². The molecule has 0 radical (unpaired) electrons. The summed E-state index contributed by atoms with van der Waals surface area (Å²) in [6.45, 7) is 0. The number of nitrogens with one attached hydrogen (secondary N) is 2. The molecule has 5 heteroatoms. The molecule has 0 saturated heterocycles. The van der Waals surface area contributed by atoms with E-state index in [1.54, 1.807) is 24.4 Å². The number of hydrogen-bond acceptors (Lipinski definition) is 2. The highest BCUT2D eigenvalue weighted by Gasteiger charge is 2.39. The van der Waals surface area contributed by atoms with Crippen LogP contribution < -0.4 is 5.32 Å². The third kappa shape index (κ3) is 2.63. The van der Waals surface area contributed by atoms with Gasteiger partial charge in [-0.25, -0.2) is 4.39 Å². The van der Waals surface area contributed by atoms with Crippen molar-refractivity contribution in [2.45, 2.75) is 18.4 Å². The minimum atomic E-state index is -0.245. The monoisotopic (exact) mass is 288 g/mol. The number of aromatic nitrogens is 1. The van der Waals surface area contributed by atoms with Crippen molar-refractivity contribution in [2.24, 2.45) is 0 Å². The van der Waals surface area contributed by atoms with E-state index in [-0.39, 0.29) is 23.7 Å². The predicted octanol–water partition coefficient (Wildman–Crippen LogP) is 3.17. The van der Waals surface area contributed by atoms with Gasteiger partial charge in [0.05, 0.1) is 5.56 Å². The Morgan fingerprint density at radius 2 is 2.20 bits per heavy atom. The van der Waals surface area contributed by atoms with Crippen LogP contribution in [0.15, 0.2) is 42.6 Å². The van der Waals surface area contributed by atoms with Crippen molar-refractivity contribution < 1.29 is 9.18 Å². The molecule has 2 aromatic rings. The zero-order valence-electron chi connectivity index (χ0n) is 10.6. The van der Waals surface area contributed by atoms with Crippen molar-refractivity contribution in [3.63, 3.8) is 0 Å². The van der Waals surface area contributed by atoms with Crippen molar-refractivity contribution in [3.05, 3.63) is 64.2 Å². The second kappa shape index (κ2) is 5.17. The van der Waals surface area contributed by atoms with Crippen molar-refractivity contribution in [1.82, 2.24) is 10.3 Å². The molecule has 1 aromatic carbocycles. The van der Waals surface area contributed by atoms with Gasteiger partial charge in [0.25, 0.3) is 5.91 Å². The summed E-state index contributed by atoms with van der Waals surface area (Å²) < 4.78 is 13.6. The second-order valence-electron chi connectivity index (χ2n) is 4.89. The molecule has 0 aliphatic heterocycles. The molecule has 3 rings (SSSR count). The first-order valence-electron chi connectivity index (χ1n) is 6.39. The Balaban J connectivity index is 1.68. The second-order valence-corrected chi connectivity index (χ2v) is 5.30. The third-order valence-corrected chi connectivity index (χ3v) is 3.78. The third-order valence-electron chi connectivity index (χ3n) is 3.45. The molecule has 2 N–H and O–H groups in total. The number of H-pyrrole nitrogens is 1. The number of carbonyl (C=O) groups is 1. The lowest BCUT2D eigenvalue weighted by Crippen LogP contribution is -2.27. The van der Waals surface area contributed by atoms with Gasteiger partial charge in [0.2, 0.25) is 0 Å². The van der Waals surface area contributed by atoms with E-state index in [1.165, 1.54) is 12.1 Å². The van der Waals surface area contributed by atoms with Crippen molar-refractivity contribution in [3.8, 4) is 0 Å². The minimum Gasteiger partial charge on any atom is -0.352 e. The molecule has 2 atom stereocenters. The van der Waals surface area contributed by atoms with Crippen LogP contribution in [0.2, 0.25) is 0 Å². The Morgan fingerprint density at radius 3 is 2.95 bits per heavy atom. The summed E-state index contributed by atoms with van der Waals surface area (Å²) in [4.78, 5) is 14.9. The van der Waals surface area contributed by atoms with Crippen molar-refractivity contribution >= 4 is 18.1 Å². The van der Waals surface area contributed by atoms with Gasteiger partial charge in [-0.15, -0.1) is 0 Å². The number of rotatable bonds is 3. The van der Waals surface area contributed by atoms with Crippen LogP contribution in [0.25, 0.3) is 0 Å². The topological polar surface area (TPSA) is 44.9 Å². The Labute approximate surface area is 120 Å². The number of amides is 1. The summed E-state index contributed by atoms with van der Waals surface area (Å²) in [5.74, 6) is -0.239. The summed E-state index contributed by atoms with van der Waals surface area (Å²) in [5, 5.41) is 2.93. The molecule has 3 nitrogen and oxygen atoms in total. The van der Waals surface area contributed by atoms with Crippen molar-refractivity contribution in [2.75, 3.05) is 0 Å². The van der Waals surface area contributed by atoms with Gasteiger partial charge in [-0.05, 0) is 36.2 Å². The number of aromatic amines is 1. The van der Waals surface area contributed by atoms with Crippen LogP contribution in [0.1, 0.15) is 28.3 Å². The van der Waals surface area contributed by atoms with Gasteiger partial charge in [-0.3, -0.25) is 4.79 Å². The van der Waals surface area contributed by atoms with Gasteiger partial charge in [0, 0.05) is 18.2 Å². The molecule has 0 bridgehead atoms. The number of benzene rings is 1. The van der Waals surface area contributed by atoms with Crippen LogP contribution in [0, 0.1) is 10.5 Å². The lowest BCUT2D eigenvalue weighted by atomic mass is 10.1. The Kier molecular flexibility index (Phi) is 3.36. The molecule has 1 heterocycles. The number of hydrogen-bond donors (Lipinski definition) is 2. The van der Waals surface area contributed by atoms with Crippen LogP contribution in [-0.4, -0.2) is 16.9 Å². The summed E-state index contributed by atoms with van der Waals surface area (Å²) in [7, 11) is 0. The predicted molar refractivity (Wildman–Crippen MR) is 76.6 cm³/mol. The Hall–Kier alpha value is -2.01. The normalized spacial score (nSPS) is 20.4. The van der Waals surface area contributed by atoms with E-state index in [9.17, 15) is 9.18 Å². The molecule has 20 heavy (non-hydrogen) atoms. The SMILES string of the molecule is O=C(NC1CC1c1cccc(F)c1)c1ccc[nH]c1=S. The molecule has 1 aliphatic carbocycles. The van der Waals surface area contributed by atoms with E-state index in [0.29, 0.717) is 10.2 Å². The van der Waals surface area contributed by atoms with Crippen LogP contribution in [0.4, 0.5) is 4.39 Å². The maximum Gasteiger partial charge on any atom is 0.254 e. The Bertz CT molecular complexity index is 713. The van der Waals surface area contributed by atoms with Gasteiger partial charge < -0.3 is 10.3 Å². The zero-order chi connectivity index (χ0) is 14.1. The van der Waals surface area contributed by atoms with Crippen molar-refractivity contribution in [1.29, 1.82) is 0 Å². The van der Waals surface area contributed by atoms with Gasteiger partial charge >= 0.3 is 0 Å². The lowest BCUT2D eigenvalue weighted by molar-refractivity contribution is 0.0949. The molecule has 2 unspecified atom stereocenters. The fraction of sp³-hybridized carbons (Fsp3) is 0.200. The Morgan fingerprint density at radius 1 is 1.35 bits per heavy atom. The highest BCUT2D eigenvalue weighted by atomic mass is 32.1. The molecular weight excluding hydrogens is 275 g/mol. The fourth-order valence-corrected chi connectivity index (χ4v) is 2.54. The maximum absolute atomic E-state index is 13.2. The highest BCUT2D eigenvalue weighted by Crippen LogP contribution is 2.41. The summed E-state index contributed by atoms with van der Waals surface area (Å²) in [6, 6.07) is 9.99. The number of carbonyl (C=O) groups excluding carboxylic acids is 1. The molecule has 1 aliphatic rings. The highest BCUT2D eigenvalue weighted by molar-refractivity contribution is 7.71. The fourth-order valence-electron chi connectivity index (χ4n) is 2.31. The lowest BCUT2D eigenvalue weighted by Gasteiger charge is -2.05. The van der Waals surface area contributed by atoms with Gasteiger partial charge in [-0.2, -0.15) is 0 Å². The minimum absolute atomic E-state index is 0.0545. The number of halogens is 1. The van der Waals surface area contributed by atoms with E-state index in [1.807, 2.05) is 6.07 Å². The van der Waals surface area contributed by atoms with Gasteiger partial charge in [0.15, 0.2) is 0 Å².